The second-order valence-electron chi connectivity index (χ2n) is 12.9. The number of hydrogen-bond donors (Lipinski definition) is 5. The number of carbonyl (C=O) groups excluding carboxylic acids is 2. The number of methoxy groups -OCH3 is 1. The van der Waals surface area contributed by atoms with Gasteiger partial charge in [0.2, 0.25) is 0 Å². The molecule has 0 bridgehead atoms. The third kappa shape index (κ3) is 6.19. The van der Waals surface area contributed by atoms with E-state index < -0.39 is 11.7 Å². The van der Waals surface area contributed by atoms with E-state index in [1.807, 2.05) is 12.3 Å². The van der Waals surface area contributed by atoms with Gasteiger partial charge in [-0.2, -0.15) is 0 Å². The number of amides is 1. The van der Waals surface area contributed by atoms with Crippen LogP contribution in [0.4, 0.5) is 17.3 Å². The van der Waals surface area contributed by atoms with E-state index in [9.17, 15) is 19.8 Å². The van der Waals surface area contributed by atoms with Gasteiger partial charge in [-0.05, 0) is 66.1 Å². The molecule has 2 aromatic carbocycles. The number of aliphatic hydroxyl groups excluding tert-OH is 1. The number of carbonyl (C=O) groups is 1. The molecule has 7 rings (SSSR count). The first-order chi connectivity index (χ1) is 25.0. The quantitative estimate of drug-likeness (QED) is 0.154. The van der Waals surface area contributed by atoms with Crippen LogP contribution in [0.25, 0.3) is 5.57 Å². The number of ether oxygens (including phenoxy) is 1. The van der Waals surface area contributed by atoms with Gasteiger partial charge in [-0.15, -0.1) is 0 Å². The molecule has 13 nitrogen and oxygen atoms in total. The van der Waals surface area contributed by atoms with Crippen LogP contribution < -0.4 is 26.4 Å². The van der Waals surface area contributed by atoms with Crippen LogP contribution in [-0.2, 0) is 16.0 Å². The number of anilines is 3. The van der Waals surface area contributed by atoms with Gasteiger partial charge >= 0.3 is 0 Å². The van der Waals surface area contributed by atoms with Crippen LogP contribution >= 0.6 is 23.4 Å². The minimum atomic E-state index is -0.797. The highest BCUT2D eigenvalue weighted by Crippen LogP contribution is 2.50. The Morgan fingerprint density at radius 1 is 1.15 bits per heavy atom. The van der Waals surface area contributed by atoms with Crippen molar-refractivity contribution >= 4 is 58.1 Å². The van der Waals surface area contributed by atoms with Crippen LogP contribution in [0.5, 0.6) is 11.5 Å². The van der Waals surface area contributed by atoms with Crippen molar-refractivity contribution < 1.29 is 24.5 Å². The first-order valence-electron chi connectivity index (χ1n) is 16.4. The normalized spacial score (nSPS) is 17.9. The molecule has 2 aliphatic heterocycles. The van der Waals surface area contributed by atoms with Gasteiger partial charge in [0, 0.05) is 54.7 Å². The number of nitrogens with two attached hydrogens (primary N) is 2. The Morgan fingerprint density at radius 3 is 2.65 bits per heavy atom. The van der Waals surface area contributed by atoms with E-state index in [1.54, 1.807) is 43.5 Å². The molecule has 1 fully saturated rings. The number of nitrogens with zero attached hydrogens (tertiary/aromatic N) is 5. The number of halogens is 1. The van der Waals surface area contributed by atoms with Crippen LogP contribution in [-0.4, -0.2) is 69.2 Å². The van der Waals surface area contributed by atoms with Gasteiger partial charge in [-0.1, -0.05) is 41.6 Å². The molecule has 4 aromatic rings. The minimum Gasteiger partial charge on any atom is -0.506 e. The Kier molecular flexibility index (Phi) is 9.32. The second kappa shape index (κ2) is 13.9. The number of aromatic nitrogens is 3. The average Bonchev–Trinajstić information content (AvgIpc) is 3.41. The molecule has 1 amide bonds. The molecule has 4 heterocycles. The van der Waals surface area contributed by atoms with Crippen molar-refractivity contribution in [2.75, 3.05) is 43.2 Å². The summed E-state index contributed by atoms with van der Waals surface area (Å²) in [4.78, 5) is 43.6. The van der Waals surface area contributed by atoms with Gasteiger partial charge in [-0.25, -0.2) is 14.8 Å². The Bertz CT molecular complexity index is 2210. The number of aliphatic hydroxyl groups is 1. The lowest BCUT2D eigenvalue weighted by Crippen LogP contribution is -2.44. The van der Waals surface area contributed by atoms with E-state index in [0.29, 0.717) is 21.3 Å². The molecule has 0 unspecified atom stereocenters. The van der Waals surface area contributed by atoms with E-state index >= 15 is 0 Å². The number of nitrogen functional groups attached to an aromatic ring is 1. The molecule has 15 heteroatoms. The number of nitrogens with one attached hydrogen (secondary N) is 1. The van der Waals surface area contributed by atoms with Crippen molar-refractivity contribution in [2.45, 2.75) is 35.2 Å². The van der Waals surface area contributed by atoms with Gasteiger partial charge in [0.05, 0.1) is 24.0 Å². The van der Waals surface area contributed by atoms with E-state index in [-0.39, 0.29) is 56.3 Å². The summed E-state index contributed by atoms with van der Waals surface area (Å²) in [7, 11) is 2.94. The Hall–Kier alpha value is -5.53. The fourth-order valence-corrected chi connectivity index (χ4v) is 8.15. The second-order valence-corrected chi connectivity index (χ2v) is 14.3. The van der Waals surface area contributed by atoms with Crippen molar-refractivity contribution in [2.24, 2.45) is 11.1 Å². The first-order valence-corrected chi connectivity index (χ1v) is 17.6. The van der Waals surface area contributed by atoms with Crippen LogP contribution in [0.15, 0.2) is 94.1 Å². The SMILES string of the molecule is COc1cc(C2=CN(C)C(=C=O)C(C(=O)Nc3cccc(Sc4ncc(N5CCC6(CC5)Cc5ncccc5[C@H]6N)nc4N)c3Cl)=C2O)ccc1O. The zero-order valence-corrected chi connectivity index (χ0v) is 29.8. The third-order valence-corrected chi connectivity index (χ3v) is 11.5. The number of hydrogen-bond acceptors (Lipinski definition) is 13. The predicted molar refractivity (Wildman–Crippen MR) is 199 cm³/mol. The summed E-state index contributed by atoms with van der Waals surface area (Å²) < 4.78 is 5.20. The minimum absolute atomic E-state index is 0.0215. The standard InChI is InChI=1S/C37H35ClN8O5S/c1-45-18-22(20-8-9-26(48)27(15-20)51-2)32(49)30(25(45)19-47)35(50)43-23-6-3-7-28(31(23)38)52-36-34(40)44-29(17-42-36)46-13-10-37(11-14-46)16-24-21(33(37)39)5-4-12-41-24/h3-9,12,15,17-18,33,48-49H,10-11,13-14,16,39H2,1-2H3,(H2,40,44)(H,43,50)/t33-/m1/s1. The summed E-state index contributed by atoms with van der Waals surface area (Å²) in [6, 6.07) is 13.5. The van der Waals surface area contributed by atoms with Gasteiger partial charge < -0.3 is 41.5 Å². The summed E-state index contributed by atoms with van der Waals surface area (Å²) in [5.74, 6) is 1.45. The van der Waals surface area contributed by atoms with Gasteiger partial charge in [-0.3, -0.25) is 9.78 Å². The lowest BCUT2D eigenvalue weighted by atomic mass is 9.73. The van der Waals surface area contributed by atoms with Crippen LogP contribution in [0.1, 0.15) is 35.7 Å². The van der Waals surface area contributed by atoms with Gasteiger partial charge in [0.1, 0.15) is 27.9 Å². The predicted octanol–water partition coefficient (Wildman–Crippen LogP) is 5.27. The maximum absolute atomic E-state index is 13.7. The molecule has 1 spiro atoms. The molecule has 1 saturated heterocycles. The lowest BCUT2D eigenvalue weighted by Gasteiger charge is -2.42. The number of phenols is 1. The van der Waals surface area contributed by atoms with E-state index in [1.165, 1.54) is 42.1 Å². The Labute approximate surface area is 308 Å². The summed E-state index contributed by atoms with van der Waals surface area (Å²) in [6.07, 6.45) is 7.66. The van der Waals surface area contributed by atoms with Gasteiger partial charge in [0.15, 0.2) is 23.3 Å². The number of fused-ring (bicyclic) bond motifs is 1. The summed E-state index contributed by atoms with van der Waals surface area (Å²) in [6.45, 7) is 1.53. The fourth-order valence-electron chi connectivity index (χ4n) is 7.05. The zero-order valence-electron chi connectivity index (χ0n) is 28.3. The molecule has 266 valence electrons. The van der Waals surface area contributed by atoms with Crippen molar-refractivity contribution in [1.29, 1.82) is 0 Å². The molecule has 0 saturated carbocycles. The van der Waals surface area contributed by atoms with Crippen molar-refractivity contribution in [3.63, 3.8) is 0 Å². The molecule has 0 radical (unpaired) electrons. The van der Waals surface area contributed by atoms with Crippen LogP contribution in [0.3, 0.4) is 0 Å². The Morgan fingerprint density at radius 2 is 1.94 bits per heavy atom. The first kappa shape index (κ1) is 34.9. The van der Waals surface area contributed by atoms with E-state index in [2.05, 4.69) is 31.2 Å². The summed E-state index contributed by atoms with van der Waals surface area (Å²) >= 11 is 7.98. The number of rotatable bonds is 7. The highest BCUT2D eigenvalue weighted by atomic mass is 35.5. The maximum Gasteiger partial charge on any atom is 0.262 e. The molecule has 3 aliphatic rings. The number of piperidine rings is 1. The zero-order chi connectivity index (χ0) is 36.7. The number of allylic oxidation sites excluding steroid dienone is 1. The highest BCUT2D eigenvalue weighted by molar-refractivity contribution is 7.99. The largest absolute Gasteiger partial charge is 0.506 e. The average molecular weight is 739 g/mol. The number of pyridine rings is 1. The molecule has 1 atom stereocenters. The van der Waals surface area contributed by atoms with E-state index in [4.69, 9.17) is 27.8 Å². The van der Waals surface area contributed by atoms with Crippen molar-refractivity contribution in [3.05, 3.63) is 106 Å². The number of aromatic hydroxyl groups is 1. The lowest BCUT2D eigenvalue weighted by molar-refractivity contribution is -0.112. The topological polar surface area (TPSA) is 193 Å². The molecular weight excluding hydrogens is 704 g/mol. The smallest absolute Gasteiger partial charge is 0.262 e. The fraction of sp³-hybridized carbons (Fsp3) is 0.243. The number of likely N-dealkylation sites (N-methyl/N-ethyl adjacent to an activating group) is 1. The monoisotopic (exact) mass is 738 g/mol. The van der Waals surface area contributed by atoms with Crippen LogP contribution in [0.2, 0.25) is 5.02 Å². The van der Waals surface area contributed by atoms with Crippen molar-refractivity contribution in [1.82, 2.24) is 19.9 Å². The summed E-state index contributed by atoms with van der Waals surface area (Å²) in [5.41, 5.74) is 15.7. The third-order valence-electron chi connectivity index (χ3n) is 9.91. The molecule has 52 heavy (non-hydrogen) atoms. The molecular formula is C37H35ClN8O5S. The number of benzene rings is 2. The Balaban J connectivity index is 1.07. The molecule has 2 aromatic heterocycles. The van der Waals surface area contributed by atoms with Gasteiger partial charge in [0.25, 0.3) is 5.91 Å². The maximum atomic E-state index is 13.7. The highest BCUT2D eigenvalue weighted by Gasteiger charge is 2.46. The summed E-state index contributed by atoms with van der Waals surface area (Å²) in [5, 5.41) is 24.7. The number of phenolic OH excluding ortho intramolecular Hbond substituents is 1. The van der Waals surface area contributed by atoms with Crippen LogP contribution in [0, 0.1) is 5.41 Å². The van der Waals surface area contributed by atoms with E-state index in [0.717, 1.165) is 43.6 Å². The molecule has 7 N–H and O–H groups in total. The molecule has 1 aliphatic carbocycles. The van der Waals surface area contributed by atoms with Crippen molar-refractivity contribution in [3.8, 4) is 11.5 Å².